The number of aromatic nitrogens is 1. The summed E-state index contributed by atoms with van der Waals surface area (Å²) < 4.78 is 43.7. The number of nitrogens with zero attached hydrogens (tertiary/aromatic N) is 1. The van der Waals surface area contributed by atoms with E-state index in [1.807, 2.05) is 0 Å². The highest BCUT2D eigenvalue weighted by molar-refractivity contribution is 5.87. The zero-order valence-electron chi connectivity index (χ0n) is 9.85. The monoisotopic (exact) mass is 287 g/mol. The summed E-state index contributed by atoms with van der Waals surface area (Å²) in [6.45, 7) is -0.498. The fraction of sp³-hybridized carbons (Fsp3) is 0.167. The van der Waals surface area contributed by atoms with Crippen molar-refractivity contribution in [2.45, 2.75) is 12.7 Å². The third kappa shape index (κ3) is 2.73. The van der Waals surface area contributed by atoms with E-state index in [0.29, 0.717) is 4.57 Å². The zero-order chi connectivity index (χ0) is 14.9. The summed E-state index contributed by atoms with van der Waals surface area (Å²) in [7, 11) is 0. The molecule has 0 aliphatic carbocycles. The number of carbonyl (C=O) groups is 1. The number of alkyl halides is 3. The van der Waals surface area contributed by atoms with Crippen LogP contribution in [0, 0.1) is 0 Å². The number of aromatic carboxylic acids is 1. The van der Waals surface area contributed by atoms with Crippen molar-refractivity contribution in [2.24, 2.45) is 0 Å². The number of carboxylic acid groups (broad SMARTS) is 1. The van der Waals surface area contributed by atoms with Crippen molar-refractivity contribution in [2.75, 3.05) is 0 Å². The predicted octanol–water partition coefficient (Wildman–Crippen LogP) is 2.21. The molecule has 1 N–H and O–H groups in total. The molecule has 2 aromatic heterocycles. The lowest BCUT2D eigenvalue weighted by Gasteiger charge is -2.13. The maximum atomic E-state index is 12.8. The number of halogens is 3. The summed E-state index contributed by atoms with van der Waals surface area (Å²) in [5.74, 6) is -1.32. The Morgan fingerprint density at radius 3 is 2.60 bits per heavy atom. The van der Waals surface area contributed by atoms with Crippen LogP contribution in [0.1, 0.15) is 21.8 Å². The molecule has 0 amide bonds. The topological polar surface area (TPSA) is 72.4 Å². The highest BCUT2D eigenvalue weighted by atomic mass is 19.4. The lowest BCUT2D eigenvalue weighted by Crippen LogP contribution is -2.27. The number of hydrogen-bond donors (Lipinski definition) is 1. The Balaban J connectivity index is 2.42. The van der Waals surface area contributed by atoms with Gasteiger partial charge in [0.15, 0.2) is 0 Å². The van der Waals surface area contributed by atoms with Crippen LogP contribution in [-0.2, 0) is 12.7 Å². The van der Waals surface area contributed by atoms with Crippen LogP contribution in [0.25, 0.3) is 0 Å². The third-order valence-corrected chi connectivity index (χ3v) is 2.55. The van der Waals surface area contributed by atoms with Crippen molar-refractivity contribution in [3.63, 3.8) is 0 Å². The van der Waals surface area contributed by atoms with Crippen LogP contribution in [0.5, 0.6) is 0 Å². The first-order valence-electron chi connectivity index (χ1n) is 5.37. The molecule has 2 aromatic rings. The van der Waals surface area contributed by atoms with Crippen molar-refractivity contribution in [3.8, 4) is 0 Å². The molecule has 0 aromatic carbocycles. The first-order valence-corrected chi connectivity index (χ1v) is 5.37. The first kappa shape index (κ1) is 13.9. The molecule has 0 radical (unpaired) electrons. The van der Waals surface area contributed by atoms with Crippen LogP contribution < -0.4 is 5.56 Å². The lowest BCUT2D eigenvalue weighted by atomic mass is 10.3. The second kappa shape index (κ2) is 4.87. The molecule has 0 saturated carbocycles. The number of hydrogen-bond acceptors (Lipinski definition) is 3. The summed E-state index contributed by atoms with van der Waals surface area (Å²) in [5, 5.41) is 8.69. The van der Waals surface area contributed by atoms with E-state index < -0.39 is 29.9 Å². The number of rotatable bonds is 3. The van der Waals surface area contributed by atoms with E-state index >= 15 is 0 Å². The van der Waals surface area contributed by atoms with Gasteiger partial charge in [-0.15, -0.1) is 0 Å². The van der Waals surface area contributed by atoms with E-state index in [1.165, 1.54) is 0 Å². The lowest BCUT2D eigenvalue weighted by molar-refractivity contribution is -0.144. The van der Waals surface area contributed by atoms with Gasteiger partial charge in [-0.3, -0.25) is 9.36 Å². The van der Waals surface area contributed by atoms with E-state index in [-0.39, 0.29) is 11.3 Å². The average molecular weight is 287 g/mol. The fourth-order valence-electron chi connectivity index (χ4n) is 1.66. The van der Waals surface area contributed by atoms with Gasteiger partial charge in [-0.2, -0.15) is 13.2 Å². The largest absolute Gasteiger partial charge is 0.478 e. The van der Waals surface area contributed by atoms with Crippen molar-refractivity contribution >= 4 is 5.97 Å². The zero-order valence-corrected chi connectivity index (χ0v) is 9.85. The van der Waals surface area contributed by atoms with Crippen LogP contribution in [0.15, 0.2) is 39.7 Å². The molecule has 106 valence electrons. The maximum Gasteiger partial charge on any atom is 0.431 e. The summed E-state index contributed by atoms with van der Waals surface area (Å²) in [6.07, 6.45) is -3.79. The van der Waals surface area contributed by atoms with Crippen molar-refractivity contribution in [3.05, 3.63) is 57.9 Å². The highest BCUT2D eigenvalue weighted by Gasteiger charge is 2.34. The Kier molecular flexibility index (Phi) is 3.39. The second-order valence-electron chi connectivity index (χ2n) is 3.94. The SMILES string of the molecule is O=C(O)c1coc(Cn2c(C(F)(F)F)cccc2=O)c1. The second-order valence-corrected chi connectivity index (χ2v) is 3.94. The van der Waals surface area contributed by atoms with Gasteiger partial charge in [-0.25, -0.2) is 4.79 Å². The van der Waals surface area contributed by atoms with Crippen molar-refractivity contribution in [1.82, 2.24) is 4.57 Å². The molecule has 8 heteroatoms. The van der Waals surface area contributed by atoms with Crippen LogP contribution in [0.3, 0.4) is 0 Å². The van der Waals surface area contributed by atoms with Gasteiger partial charge in [-0.05, 0) is 12.1 Å². The minimum Gasteiger partial charge on any atom is -0.478 e. The molecule has 2 heterocycles. The minimum absolute atomic E-state index is 0.0544. The summed E-state index contributed by atoms with van der Waals surface area (Å²) in [5.41, 5.74) is -2.18. The quantitative estimate of drug-likeness (QED) is 0.939. The average Bonchev–Trinajstić information content (AvgIpc) is 2.79. The summed E-state index contributed by atoms with van der Waals surface area (Å²) in [4.78, 5) is 22.2. The molecule has 0 saturated heterocycles. The maximum absolute atomic E-state index is 12.8. The minimum atomic E-state index is -4.69. The Morgan fingerprint density at radius 1 is 1.35 bits per heavy atom. The van der Waals surface area contributed by atoms with Crippen molar-refractivity contribution in [1.29, 1.82) is 0 Å². The predicted molar refractivity (Wildman–Crippen MR) is 60.5 cm³/mol. The molecule has 2 rings (SSSR count). The summed E-state index contributed by atoms with van der Waals surface area (Å²) in [6, 6.07) is 3.83. The normalized spacial score (nSPS) is 11.6. The summed E-state index contributed by atoms with van der Waals surface area (Å²) >= 11 is 0. The standard InChI is InChI=1S/C12H8F3NO4/c13-12(14,15)9-2-1-3-10(17)16(9)5-8-4-7(6-20-8)11(18)19/h1-4,6H,5H2,(H,18,19). The van der Waals surface area contributed by atoms with Gasteiger partial charge in [0, 0.05) is 6.07 Å². The molecule has 20 heavy (non-hydrogen) atoms. The smallest absolute Gasteiger partial charge is 0.431 e. The van der Waals surface area contributed by atoms with Gasteiger partial charge >= 0.3 is 12.1 Å². The van der Waals surface area contributed by atoms with Gasteiger partial charge in [0.2, 0.25) is 0 Å². The molecule has 0 aliphatic heterocycles. The first-order chi connectivity index (χ1) is 9.29. The number of pyridine rings is 1. The van der Waals surface area contributed by atoms with Gasteiger partial charge in [0.25, 0.3) is 5.56 Å². The van der Waals surface area contributed by atoms with E-state index in [1.54, 1.807) is 0 Å². The molecular formula is C12H8F3NO4. The molecule has 0 spiro atoms. The van der Waals surface area contributed by atoms with Crippen LogP contribution in [0.4, 0.5) is 13.2 Å². The molecule has 0 fully saturated rings. The molecule has 0 atom stereocenters. The van der Waals surface area contributed by atoms with Gasteiger partial charge in [-0.1, -0.05) is 6.07 Å². The number of carboxylic acids is 1. The van der Waals surface area contributed by atoms with E-state index in [0.717, 1.165) is 30.5 Å². The Morgan fingerprint density at radius 2 is 2.05 bits per heavy atom. The van der Waals surface area contributed by atoms with Crippen LogP contribution in [0.2, 0.25) is 0 Å². The van der Waals surface area contributed by atoms with E-state index in [2.05, 4.69) is 0 Å². The van der Waals surface area contributed by atoms with Gasteiger partial charge in [0.1, 0.15) is 17.7 Å². The molecule has 0 bridgehead atoms. The van der Waals surface area contributed by atoms with Crippen LogP contribution >= 0.6 is 0 Å². The highest BCUT2D eigenvalue weighted by Crippen LogP contribution is 2.28. The Labute approximate surface area is 109 Å². The molecule has 5 nitrogen and oxygen atoms in total. The fourth-order valence-corrected chi connectivity index (χ4v) is 1.66. The van der Waals surface area contributed by atoms with Crippen LogP contribution in [-0.4, -0.2) is 15.6 Å². The Bertz CT molecular complexity index is 699. The molecular weight excluding hydrogens is 279 g/mol. The van der Waals surface area contributed by atoms with Gasteiger partial charge < -0.3 is 9.52 Å². The third-order valence-electron chi connectivity index (χ3n) is 2.55. The van der Waals surface area contributed by atoms with Crippen molar-refractivity contribution < 1.29 is 27.5 Å². The molecule has 0 unspecified atom stereocenters. The van der Waals surface area contributed by atoms with E-state index in [4.69, 9.17) is 9.52 Å². The number of furan rings is 1. The molecule has 0 aliphatic rings. The van der Waals surface area contributed by atoms with E-state index in [9.17, 15) is 22.8 Å². The Hall–Kier alpha value is -2.51. The van der Waals surface area contributed by atoms with Gasteiger partial charge in [0.05, 0.1) is 12.1 Å².